The molecule has 17 heavy (non-hydrogen) atoms. The minimum atomic E-state index is -0.873. The molecule has 94 valence electrons. The first-order valence-corrected chi connectivity index (χ1v) is 5.15. The molecule has 0 amide bonds. The molecule has 0 aliphatic rings. The van der Waals surface area contributed by atoms with Gasteiger partial charge in [0, 0.05) is 18.6 Å². The molecule has 0 radical (unpaired) electrons. The van der Waals surface area contributed by atoms with E-state index in [-0.39, 0.29) is 12.3 Å². The average molecular weight is 242 g/mol. The van der Waals surface area contributed by atoms with Crippen LogP contribution in [0, 0.1) is 21.3 Å². The van der Waals surface area contributed by atoms with Gasteiger partial charge in [0.15, 0.2) is 0 Å². The molecule has 1 rings (SSSR count). The number of hydrogen-bond donors (Lipinski definition) is 2. The summed E-state index contributed by atoms with van der Waals surface area (Å²) in [5, 5.41) is 22.6. The standard InChI is InChI=1S/C11H15FN2O3/c1-11(2,7-15)6-13-9-5-3-4-8(12)10(9)14(16)17/h3-5,13,15H,6-7H2,1-2H3. The molecule has 6 heteroatoms. The zero-order valence-electron chi connectivity index (χ0n) is 9.74. The average Bonchev–Trinajstić information content (AvgIpc) is 2.26. The molecule has 0 spiro atoms. The Kier molecular flexibility index (Phi) is 4.01. The van der Waals surface area contributed by atoms with Crippen molar-refractivity contribution >= 4 is 11.4 Å². The molecule has 0 saturated heterocycles. The zero-order chi connectivity index (χ0) is 13.1. The van der Waals surface area contributed by atoms with Crippen molar-refractivity contribution in [2.75, 3.05) is 18.5 Å². The van der Waals surface area contributed by atoms with Crippen molar-refractivity contribution in [3.63, 3.8) is 0 Å². The van der Waals surface area contributed by atoms with Gasteiger partial charge in [-0.2, -0.15) is 4.39 Å². The normalized spacial score (nSPS) is 11.3. The van der Waals surface area contributed by atoms with E-state index in [0.29, 0.717) is 6.54 Å². The lowest BCUT2D eigenvalue weighted by molar-refractivity contribution is -0.386. The Morgan fingerprint density at radius 1 is 1.53 bits per heavy atom. The Bertz CT molecular complexity index is 421. The van der Waals surface area contributed by atoms with E-state index in [9.17, 15) is 14.5 Å². The van der Waals surface area contributed by atoms with Crippen LogP contribution in [0.1, 0.15) is 13.8 Å². The number of nitro groups is 1. The number of rotatable bonds is 5. The molecule has 5 nitrogen and oxygen atoms in total. The number of nitrogens with one attached hydrogen (secondary N) is 1. The van der Waals surface area contributed by atoms with Crippen molar-refractivity contribution in [2.45, 2.75) is 13.8 Å². The number of nitro benzene ring substituents is 1. The summed E-state index contributed by atoms with van der Waals surface area (Å²) in [5.41, 5.74) is -0.877. The number of halogens is 1. The van der Waals surface area contributed by atoms with E-state index in [1.54, 1.807) is 13.8 Å². The van der Waals surface area contributed by atoms with Gasteiger partial charge in [0.1, 0.15) is 5.69 Å². The number of hydrogen-bond acceptors (Lipinski definition) is 4. The minimum Gasteiger partial charge on any atom is -0.396 e. The van der Waals surface area contributed by atoms with Crippen molar-refractivity contribution in [1.82, 2.24) is 0 Å². The summed E-state index contributed by atoms with van der Waals surface area (Å²) in [6.45, 7) is 3.84. The molecule has 0 heterocycles. The van der Waals surface area contributed by atoms with Gasteiger partial charge in [0.2, 0.25) is 5.82 Å². The second kappa shape index (κ2) is 5.09. The summed E-state index contributed by atoms with van der Waals surface area (Å²) in [7, 11) is 0. The van der Waals surface area contributed by atoms with Crippen molar-refractivity contribution in [3.05, 3.63) is 34.1 Å². The SMILES string of the molecule is CC(C)(CO)CNc1cccc(F)c1[N+](=O)[O-]. The van der Waals surface area contributed by atoms with Gasteiger partial charge in [-0.1, -0.05) is 19.9 Å². The molecule has 0 bridgehead atoms. The van der Waals surface area contributed by atoms with E-state index in [2.05, 4.69) is 5.32 Å². The smallest absolute Gasteiger partial charge is 0.327 e. The van der Waals surface area contributed by atoms with E-state index in [0.717, 1.165) is 6.07 Å². The number of aliphatic hydroxyl groups excluding tert-OH is 1. The maximum atomic E-state index is 13.3. The Morgan fingerprint density at radius 2 is 2.18 bits per heavy atom. The predicted octanol–water partition coefficient (Wildman–Crippen LogP) is 2.16. The highest BCUT2D eigenvalue weighted by atomic mass is 19.1. The third-order valence-corrected chi connectivity index (χ3v) is 2.35. The van der Waals surface area contributed by atoms with Crippen molar-refractivity contribution in [3.8, 4) is 0 Å². The summed E-state index contributed by atoms with van der Waals surface area (Å²) in [4.78, 5) is 9.95. The summed E-state index contributed by atoms with van der Waals surface area (Å²) >= 11 is 0. The molecule has 0 fully saturated rings. The first kappa shape index (κ1) is 13.4. The van der Waals surface area contributed by atoms with Gasteiger partial charge in [-0.15, -0.1) is 0 Å². The number of benzene rings is 1. The molecule has 0 atom stereocenters. The van der Waals surface area contributed by atoms with Crippen LogP contribution in [0.2, 0.25) is 0 Å². The highest BCUT2D eigenvalue weighted by Crippen LogP contribution is 2.28. The fourth-order valence-corrected chi connectivity index (χ4v) is 1.23. The Balaban J connectivity index is 2.92. The Morgan fingerprint density at radius 3 is 2.71 bits per heavy atom. The Hall–Kier alpha value is -1.69. The van der Waals surface area contributed by atoms with Gasteiger partial charge in [0.25, 0.3) is 0 Å². The van der Waals surface area contributed by atoms with Crippen LogP contribution in [0.4, 0.5) is 15.8 Å². The van der Waals surface area contributed by atoms with Gasteiger partial charge in [0.05, 0.1) is 4.92 Å². The summed E-state index contributed by atoms with van der Waals surface area (Å²) in [6.07, 6.45) is 0. The summed E-state index contributed by atoms with van der Waals surface area (Å²) < 4.78 is 13.3. The molecule has 1 aromatic carbocycles. The van der Waals surface area contributed by atoms with Crippen molar-refractivity contribution in [2.24, 2.45) is 5.41 Å². The third-order valence-electron chi connectivity index (χ3n) is 2.35. The van der Waals surface area contributed by atoms with Crippen molar-refractivity contribution in [1.29, 1.82) is 0 Å². The monoisotopic (exact) mass is 242 g/mol. The molecular formula is C11H15FN2O3. The first-order valence-electron chi connectivity index (χ1n) is 5.15. The summed E-state index contributed by atoms with van der Waals surface area (Å²) in [5.74, 6) is -0.873. The Labute approximate surface area is 98.4 Å². The van der Waals surface area contributed by atoms with E-state index < -0.39 is 21.8 Å². The highest BCUT2D eigenvalue weighted by molar-refractivity contribution is 5.62. The minimum absolute atomic E-state index is 0.0664. The largest absolute Gasteiger partial charge is 0.396 e. The second-order valence-electron chi connectivity index (χ2n) is 4.57. The molecule has 0 aliphatic carbocycles. The second-order valence-corrected chi connectivity index (χ2v) is 4.57. The van der Waals surface area contributed by atoms with Gasteiger partial charge >= 0.3 is 5.69 Å². The van der Waals surface area contributed by atoms with Crippen LogP contribution in [0.3, 0.4) is 0 Å². The lowest BCUT2D eigenvalue weighted by Gasteiger charge is -2.22. The van der Waals surface area contributed by atoms with E-state index in [1.807, 2.05) is 0 Å². The molecule has 0 unspecified atom stereocenters. The molecule has 0 saturated carbocycles. The van der Waals surface area contributed by atoms with E-state index >= 15 is 0 Å². The van der Waals surface area contributed by atoms with E-state index in [1.165, 1.54) is 12.1 Å². The fraction of sp³-hybridized carbons (Fsp3) is 0.455. The van der Waals surface area contributed by atoms with Crippen LogP contribution in [-0.4, -0.2) is 23.2 Å². The highest BCUT2D eigenvalue weighted by Gasteiger charge is 2.22. The number of anilines is 1. The van der Waals surface area contributed by atoms with Gasteiger partial charge in [-0.25, -0.2) is 0 Å². The van der Waals surface area contributed by atoms with Crippen LogP contribution in [0.5, 0.6) is 0 Å². The zero-order valence-corrected chi connectivity index (χ0v) is 9.74. The van der Waals surface area contributed by atoms with Crippen LogP contribution in [-0.2, 0) is 0 Å². The van der Waals surface area contributed by atoms with Crippen molar-refractivity contribution < 1.29 is 14.4 Å². The summed E-state index contributed by atoms with van der Waals surface area (Å²) in [6, 6.07) is 3.88. The van der Waals surface area contributed by atoms with E-state index in [4.69, 9.17) is 5.11 Å². The van der Waals surface area contributed by atoms with Crippen LogP contribution >= 0.6 is 0 Å². The van der Waals surface area contributed by atoms with Crippen LogP contribution in [0.15, 0.2) is 18.2 Å². The molecule has 1 aromatic rings. The van der Waals surface area contributed by atoms with Gasteiger partial charge in [-0.3, -0.25) is 10.1 Å². The van der Waals surface area contributed by atoms with Gasteiger partial charge in [-0.05, 0) is 12.1 Å². The predicted molar refractivity (Wildman–Crippen MR) is 62.4 cm³/mol. The fourth-order valence-electron chi connectivity index (χ4n) is 1.23. The maximum absolute atomic E-state index is 13.3. The van der Waals surface area contributed by atoms with Crippen LogP contribution in [0.25, 0.3) is 0 Å². The number of aliphatic hydroxyl groups is 1. The lowest BCUT2D eigenvalue weighted by Crippen LogP contribution is -2.27. The quantitative estimate of drug-likeness (QED) is 0.613. The molecule has 0 aliphatic heterocycles. The topological polar surface area (TPSA) is 75.4 Å². The third kappa shape index (κ3) is 3.39. The molecular weight excluding hydrogens is 227 g/mol. The van der Waals surface area contributed by atoms with Gasteiger partial charge < -0.3 is 10.4 Å². The first-order chi connectivity index (χ1) is 7.87. The maximum Gasteiger partial charge on any atom is 0.327 e. The molecule has 0 aromatic heterocycles. The number of nitrogens with zero attached hydrogens (tertiary/aromatic N) is 1. The number of para-hydroxylation sites is 1. The van der Waals surface area contributed by atoms with Crippen LogP contribution < -0.4 is 5.32 Å². The lowest BCUT2D eigenvalue weighted by atomic mass is 9.95. The molecule has 2 N–H and O–H groups in total.